The summed E-state index contributed by atoms with van der Waals surface area (Å²) in [7, 11) is 5.76. The summed E-state index contributed by atoms with van der Waals surface area (Å²) in [6.07, 6.45) is 2.80. The third kappa shape index (κ3) is 3.54. The summed E-state index contributed by atoms with van der Waals surface area (Å²) in [4.78, 5) is 17.4. The summed E-state index contributed by atoms with van der Waals surface area (Å²) in [6, 6.07) is 8.33. The molecule has 0 bridgehead atoms. The van der Waals surface area contributed by atoms with Crippen LogP contribution in [0.1, 0.15) is 29.8 Å². The van der Waals surface area contributed by atoms with Crippen LogP contribution in [0.15, 0.2) is 24.3 Å². The molecule has 2 aliphatic rings. The number of fused-ring (bicyclic) bond motifs is 1. The fraction of sp³-hybridized carbons (Fsp3) is 0.619. The van der Waals surface area contributed by atoms with E-state index >= 15 is 0 Å². The quantitative estimate of drug-likeness (QED) is 0.786. The van der Waals surface area contributed by atoms with Crippen molar-refractivity contribution < 1.29 is 14.3 Å². The van der Waals surface area contributed by atoms with Gasteiger partial charge in [0.2, 0.25) is 0 Å². The number of rotatable bonds is 5. The van der Waals surface area contributed by atoms with E-state index in [1.807, 2.05) is 36.2 Å². The second-order valence-electron chi connectivity index (χ2n) is 8.11. The zero-order valence-electron chi connectivity index (χ0n) is 17.1. The number of carbonyl (C=O) groups excluding carboxylic acids is 1. The van der Waals surface area contributed by atoms with E-state index in [4.69, 9.17) is 9.47 Å². The summed E-state index contributed by atoms with van der Waals surface area (Å²) in [6.45, 7) is 3.85. The third-order valence-corrected chi connectivity index (χ3v) is 6.38. The van der Waals surface area contributed by atoms with Gasteiger partial charge in [0, 0.05) is 45.2 Å². The SMILES string of the molecule is COCCN(C)C1COC2(CCN(C(=O)c3nn(C)c4ccccc34)CC2)C1. The summed E-state index contributed by atoms with van der Waals surface area (Å²) in [5.41, 5.74) is 1.45. The van der Waals surface area contributed by atoms with Crippen LogP contribution in [0.4, 0.5) is 0 Å². The van der Waals surface area contributed by atoms with Crippen molar-refractivity contribution in [1.82, 2.24) is 19.6 Å². The first-order chi connectivity index (χ1) is 13.5. The van der Waals surface area contributed by atoms with Crippen LogP contribution >= 0.6 is 0 Å². The van der Waals surface area contributed by atoms with Crippen LogP contribution in [0.3, 0.4) is 0 Å². The van der Waals surface area contributed by atoms with Crippen LogP contribution in [0, 0.1) is 0 Å². The van der Waals surface area contributed by atoms with Gasteiger partial charge in [0.25, 0.3) is 5.91 Å². The molecule has 1 unspecified atom stereocenters. The number of hydrogen-bond donors (Lipinski definition) is 0. The molecule has 2 aliphatic heterocycles. The highest BCUT2D eigenvalue weighted by molar-refractivity contribution is 6.04. The molecule has 7 heteroatoms. The van der Waals surface area contributed by atoms with E-state index in [0.717, 1.165) is 63.0 Å². The third-order valence-electron chi connectivity index (χ3n) is 6.38. The van der Waals surface area contributed by atoms with E-state index in [2.05, 4.69) is 17.0 Å². The fourth-order valence-corrected chi connectivity index (χ4v) is 4.51. The van der Waals surface area contributed by atoms with Gasteiger partial charge >= 0.3 is 0 Å². The number of aryl methyl sites for hydroxylation is 1. The molecule has 0 aliphatic carbocycles. The highest BCUT2D eigenvalue weighted by Gasteiger charge is 2.44. The number of aromatic nitrogens is 2. The average Bonchev–Trinajstić information content (AvgIpc) is 3.28. The Hall–Kier alpha value is -1.96. The molecule has 1 spiro atoms. The molecular weight excluding hydrogens is 356 g/mol. The first-order valence-electron chi connectivity index (χ1n) is 10.1. The maximum Gasteiger partial charge on any atom is 0.275 e. The molecule has 0 N–H and O–H groups in total. The minimum absolute atomic E-state index is 0.0263. The summed E-state index contributed by atoms with van der Waals surface area (Å²) in [5.74, 6) is 0.0263. The number of carbonyl (C=O) groups is 1. The lowest BCUT2D eigenvalue weighted by atomic mass is 9.87. The van der Waals surface area contributed by atoms with Crippen LogP contribution in [-0.4, -0.2) is 84.1 Å². The minimum atomic E-state index is -0.0883. The summed E-state index contributed by atoms with van der Waals surface area (Å²) < 4.78 is 13.2. The number of hydrogen-bond acceptors (Lipinski definition) is 5. The Morgan fingerprint density at radius 3 is 2.86 bits per heavy atom. The topological polar surface area (TPSA) is 59.8 Å². The van der Waals surface area contributed by atoms with Crippen molar-refractivity contribution >= 4 is 16.8 Å². The predicted octanol–water partition coefficient (Wildman–Crippen LogP) is 1.92. The number of likely N-dealkylation sites (tertiary alicyclic amines) is 1. The number of methoxy groups -OCH3 is 1. The smallest absolute Gasteiger partial charge is 0.275 e. The molecule has 7 nitrogen and oxygen atoms in total. The van der Waals surface area contributed by atoms with Crippen molar-refractivity contribution in [2.45, 2.75) is 30.9 Å². The number of amides is 1. The van der Waals surface area contributed by atoms with Gasteiger partial charge in [0.15, 0.2) is 5.69 Å². The molecule has 152 valence electrons. The van der Waals surface area contributed by atoms with Gasteiger partial charge in [-0.05, 0) is 32.4 Å². The molecule has 1 amide bonds. The Labute approximate surface area is 166 Å². The molecule has 4 rings (SSSR count). The van der Waals surface area contributed by atoms with Gasteiger partial charge in [-0.2, -0.15) is 5.10 Å². The number of para-hydroxylation sites is 1. The molecule has 3 heterocycles. The van der Waals surface area contributed by atoms with Gasteiger partial charge in [0.1, 0.15) is 0 Å². The van der Waals surface area contributed by atoms with Crippen LogP contribution in [0.2, 0.25) is 0 Å². The van der Waals surface area contributed by atoms with E-state index in [1.165, 1.54) is 0 Å². The lowest BCUT2D eigenvalue weighted by Gasteiger charge is -2.38. The monoisotopic (exact) mass is 386 g/mol. The fourth-order valence-electron chi connectivity index (χ4n) is 4.51. The zero-order chi connectivity index (χ0) is 19.7. The van der Waals surface area contributed by atoms with Crippen LogP contribution < -0.4 is 0 Å². The molecule has 1 aromatic heterocycles. The van der Waals surface area contributed by atoms with Crippen LogP contribution in [0.5, 0.6) is 0 Å². The van der Waals surface area contributed by atoms with Crippen LogP contribution in [0.25, 0.3) is 10.9 Å². The van der Waals surface area contributed by atoms with Gasteiger partial charge in [-0.25, -0.2) is 0 Å². The molecule has 1 atom stereocenters. The van der Waals surface area contributed by atoms with Crippen molar-refractivity contribution in [2.75, 3.05) is 47.0 Å². The Morgan fingerprint density at radius 2 is 2.11 bits per heavy atom. The van der Waals surface area contributed by atoms with Crippen molar-refractivity contribution in [1.29, 1.82) is 0 Å². The maximum absolute atomic E-state index is 13.1. The molecule has 2 fully saturated rings. The average molecular weight is 386 g/mol. The van der Waals surface area contributed by atoms with Crippen molar-refractivity contribution in [3.8, 4) is 0 Å². The summed E-state index contributed by atoms with van der Waals surface area (Å²) in [5, 5.41) is 5.42. The Balaban J connectivity index is 1.40. The highest BCUT2D eigenvalue weighted by Crippen LogP contribution is 2.37. The molecular formula is C21H30N4O3. The second-order valence-corrected chi connectivity index (χ2v) is 8.11. The van der Waals surface area contributed by atoms with E-state index in [0.29, 0.717) is 11.7 Å². The van der Waals surface area contributed by atoms with E-state index in [1.54, 1.807) is 11.8 Å². The van der Waals surface area contributed by atoms with Crippen molar-refractivity contribution in [3.05, 3.63) is 30.0 Å². The van der Waals surface area contributed by atoms with Gasteiger partial charge in [-0.1, -0.05) is 18.2 Å². The standard InChI is InChI=1S/C21H30N4O3/c1-23(12-13-27-3)16-14-21(28-15-16)8-10-25(11-9-21)20(26)19-17-6-4-5-7-18(17)24(2)22-19/h4-7,16H,8-15H2,1-3H3. The highest BCUT2D eigenvalue weighted by atomic mass is 16.5. The van der Waals surface area contributed by atoms with Crippen molar-refractivity contribution in [2.24, 2.45) is 7.05 Å². The minimum Gasteiger partial charge on any atom is -0.383 e. The maximum atomic E-state index is 13.1. The number of nitrogens with zero attached hydrogens (tertiary/aromatic N) is 4. The molecule has 0 radical (unpaired) electrons. The Kier molecular flexibility index (Phi) is 5.40. The van der Waals surface area contributed by atoms with Gasteiger partial charge in [0.05, 0.1) is 24.3 Å². The largest absolute Gasteiger partial charge is 0.383 e. The lowest BCUT2D eigenvalue weighted by molar-refractivity contribution is -0.0394. The molecule has 2 aromatic rings. The van der Waals surface area contributed by atoms with Crippen LogP contribution in [-0.2, 0) is 16.5 Å². The number of likely N-dealkylation sites (N-methyl/N-ethyl adjacent to an activating group) is 1. The number of ether oxygens (including phenoxy) is 2. The van der Waals surface area contributed by atoms with E-state index < -0.39 is 0 Å². The second kappa shape index (κ2) is 7.81. The molecule has 28 heavy (non-hydrogen) atoms. The normalized spacial score (nSPS) is 21.9. The van der Waals surface area contributed by atoms with Gasteiger partial charge in [-0.3, -0.25) is 14.4 Å². The Morgan fingerprint density at radius 1 is 1.36 bits per heavy atom. The molecule has 1 aromatic carbocycles. The van der Waals surface area contributed by atoms with Crippen molar-refractivity contribution in [3.63, 3.8) is 0 Å². The lowest BCUT2D eigenvalue weighted by Crippen LogP contribution is -2.47. The first kappa shape index (κ1) is 19.4. The number of piperidine rings is 1. The summed E-state index contributed by atoms with van der Waals surface area (Å²) >= 11 is 0. The van der Waals surface area contributed by atoms with E-state index in [-0.39, 0.29) is 11.5 Å². The number of benzene rings is 1. The Bertz CT molecular complexity index is 841. The predicted molar refractivity (Wildman–Crippen MR) is 107 cm³/mol. The van der Waals surface area contributed by atoms with Gasteiger partial charge < -0.3 is 14.4 Å². The molecule has 0 saturated carbocycles. The molecule has 2 saturated heterocycles. The van der Waals surface area contributed by atoms with Gasteiger partial charge in [-0.15, -0.1) is 0 Å². The zero-order valence-corrected chi connectivity index (χ0v) is 17.1. The van der Waals surface area contributed by atoms with E-state index in [9.17, 15) is 4.79 Å². The first-order valence-corrected chi connectivity index (χ1v) is 10.1.